The summed E-state index contributed by atoms with van der Waals surface area (Å²) in [6.07, 6.45) is 6.25. The quantitative estimate of drug-likeness (QED) is 0.659. The van der Waals surface area contributed by atoms with Crippen LogP contribution in [0.2, 0.25) is 0 Å². The summed E-state index contributed by atoms with van der Waals surface area (Å²) in [5.74, 6) is 0. The maximum atomic E-state index is 3.29. The molecule has 18 heavy (non-hydrogen) atoms. The topological polar surface area (TPSA) is 14.1 Å². The van der Waals surface area contributed by atoms with Crippen molar-refractivity contribution in [1.29, 1.82) is 0 Å². The van der Waals surface area contributed by atoms with E-state index >= 15 is 0 Å². The Labute approximate surface area is 116 Å². The lowest BCUT2D eigenvalue weighted by molar-refractivity contribution is -0.378. The van der Waals surface area contributed by atoms with Crippen LogP contribution in [-0.2, 0) is 0 Å². The maximum Gasteiger partial charge on any atom is 0.221 e. The van der Waals surface area contributed by atoms with Gasteiger partial charge in [0, 0.05) is 17.5 Å². The highest BCUT2D eigenvalue weighted by Gasteiger charge is 2.05. The molecule has 3 rings (SSSR count). The van der Waals surface area contributed by atoms with Crippen molar-refractivity contribution in [2.24, 2.45) is 0 Å². The number of nitrogens with one attached hydrogen (secondary N) is 1. The molecule has 90 valence electrons. The highest BCUT2D eigenvalue weighted by atomic mass is 35.5. The number of H-pyrrole nitrogens is 1. The molecule has 0 amide bonds. The largest absolute Gasteiger partial charge is 1.00 e. The molecule has 3 aromatic rings. The zero-order valence-corrected chi connectivity index (χ0v) is 11.2. The molecule has 0 aliphatic heterocycles. The van der Waals surface area contributed by atoms with Crippen LogP contribution in [0.4, 0.5) is 0 Å². The van der Waals surface area contributed by atoms with E-state index in [0.29, 0.717) is 0 Å². The molecule has 0 fully saturated rings. The molecule has 2 aromatic heterocycles. The van der Waals surface area contributed by atoms with Crippen LogP contribution >= 0.6 is 11.3 Å². The Morgan fingerprint density at radius 1 is 0.944 bits per heavy atom. The van der Waals surface area contributed by atoms with Crippen LogP contribution in [0, 0.1) is 0 Å². The van der Waals surface area contributed by atoms with Gasteiger partial charge in [-0.3, -0.25) is 0 Å². The van der Waals surface area contributed by atoms with Gasteiger partial charge in [0.05, 0.1) is 0 Å². The third-order valence-corrected chi connectivity index (χ3v) is 3.65. The van der Waals surface area contributed by atoms with E-state index in [9.17, 15) is 0 Å². The van der Waals surface area contributed by atoms with E-state index in [1.54, 1.807) is 11.3 Å². The molecule has 0 unspecified atom stereocenters. The Kier molecular flexibility index (Phi) is 4.13. The van der Waals surface area contributed by atoms with Gasteiger partial charge in [-0.05, 0) is 23.1 Å². The van der Waals surface area contributed by atoms with Gasteiger partial charge < -0.3 is 12.4 Å². The van der Waals surface area contributed by atoms with Crippen molar-refractivity contribution >= 4 is 33.6 Å². The van der Waals surface area contributed by atoms with Gasteiger partial charge in [-0.15, -0.1) is 11.3 Å². The number of aromatic nitrogens is 1. The standard InChI is InChI=1S/C15H11NS.ClH/c1-2-4-12(5-3-1)6-7-14-15-13(8-10-16-14)9-11-17-15;/h1-11H;1H. The fourth-order valence-electron chi connectivity index (χ4n) is 1.82. The smallest absolute Gasteiger partial charge is 0.221 e. The van der Waals surface area contributed by atoms with Crippen LogP contribution in [0.1, 0.15) is 11.3 Å². The number of thiophene rings is 1. The van der Waals surface area contributed by atoms with Gasteiger partial charge in [0.2, 0.25) is 5.69 Å². The van der Waals surface area contributed by atoms with Gasteiger partial charge in [0.1, 0.15) is 4.70 Å². The Balaban J connectivity index is 0.00000120. The van der Waals surface area contributed by atoms with Crippen LogP contribution in [0.15, 0.2) is 54.0 Å². The van der Waals surface area contributed by atoms with Gasteiger partial charge in [-0.25, -0.2) is 4.98 Å². The summed E-state index contributed by atoms with van der Waals surface area (Å²) in [6, 6.07) is 14.6. The molecule has 1 nitrogen and oxygen atoms in total. The van der Waals surface area contributed by atoms with Gasteiger partial charge in [0.25, 0.3) is 0 Å². The second kappa shape index (κ2) is 5.80. The van der Waals surface area contributed by atoms with E-state index in [0.717, 1.165) is 0 Å². The minimum absolute atomic E-state index is 0. The first-order valence-electron chi connectivity index (χ1n) is 5.54. The summed E-state index contributed by atoms with van der Waals surface area (Å²) in [4.78, 5) is 3.29. The molecule has 0 radical (unpaired) electrons. The average molecular weight is 274 g/mol. The predicted molar refractivity (Wildman–Crippen MR) is 73.8 cm³/mol. The van der Waals surface area contributed by atoms with Crippen LogP contribution in [0.25, 0.3) is 22.2 Å². The first-order valence-corrected chi connectivity index (χ1v) is 6.42. The average Bonchev–Trinajstić information content (AvgIpc) is 2.86. The molecule has 0 aliphatic carbocycles. The maximum absolute atomic E-state index is 3.29. The number of rotatable bonds is 2. The normalized spacial score (nSPS) is 10.7. The Hall–Kier alpha value is -1.64. The fourth-order valence-corrected chi connectivity index (χ4v) is 2.70. The van der Waals surface area contributed by atoms with Gasteiger partial charge in [-0.1, -0.05) is 30.3 Å². The van der Waals surface area contributed by atoms with Gasteiger partial charge >= 0.3 is 0 Å². The van der Waals surface area contributed by atoms with E-state index in [1.807, 2.05) is 12.3 Å². The Morgan fingerprint density at radius 3 is 2.61 bits per heavy atom. The van der Waals surface area contributed by atoms with Crippen molar-refractivity contribution in [2.75, 3.05) is 0 Å². The molecule has 3 heteroatoms. The summed E-state index contributed by atoms with van der Waals surface area (Å²) in [6.45, 7) is 0. The molecule has 0 atom stereocenters. The van der Waals surface area contributed by atoms with E-state index < -0.39 is 0 Å². The number of hydrogen-bond donors (Lipinski definition) is 0. The highest BCUT2D eigenvalue weighted by molar-refractivity contribution is 7.17. The number of aromatic amines is 1. The minimum Gasteiger partial charge on any atom is -1.00 e. The second-order valence-electron chi connectivity index (χ2n) is 3.84. The molecule has 2 heterocycles. The van der Waals surface area contributed by atoms with E-state index in [4.69, 9.17) is 0 Å². The second-order valence-corrected chi connectivity index (χ2v) is 4.76. The van der Waals surface area contributed by atoms with Crippen molar-refractivity contribution < 1.29 is 17.4 Å². The van der Waals surface area contributed by atoms with Crippen molar-refractivity contribution in [2.45, 2.75) is 0 Å². The molecular weight excluding hydrogens is 262 g/mol. The molecule has 0 aliphatic rings. The third kappa shape index (κ3) is 2.61. The summed E-state index contributed by atoms with van der Waals surface area (Å²) in [5, 5.41) is 3.42. The van der Waals surface area contributed by atoms with Gasteiger partial charge in [-0.2, -0.15) is 0 Å². The summed E-state index contributed by atoms with van der Waals surface area (Å²) in [5.41, 5.74) is 2.39. The molecular formula is C15H12ClNS. The monoisotopic (exact) mass is 273 g/mol. The Morgan fingerprint density at radius 2 is 1.78 bits per heavy atom. The van der Waals surface area contributed by atoms with Crippen LogP contribution in [0.5, 0.6) is 0 Å². The van der Waals surface area contributed by atoms with E-state index in [-0.39, 0.29) is 12.4 Å². The van der Waals surface area contributed by atoms with E-state index in [1.165, 1.54) is 21.3 Å². The number of fused-ring (bicyclic) bond motifs is 1. The SMILES string of the molecule is C(=Cc1[nH+]ccc2ccsc12)c1ccccc1.[Cl-]. The number of pyridine rings is 1. The number of benzene rings is 1. The minimum atomic E-state index is 0. The predicted octanol–water partition coefficient (Wildman–Crippen LogP) is 0.890. The highest BCUT2D eigenvalue weighted by Crippen LogP contribution is 2.22. The molecule has 1 aromatic carbocycles. The van der Waals surface area contributed by atoms with Crippen molar-refractivity contribution in [3.63, 3.8) is 0 Å². The van der Waals surface area contributed by atoms with E-state index in [2.05, 4.69) is 58.9 Å². The number of hydrogen-bond acceptors (Lipinski definition) is 1. The molecule has 0 saturated carbocycles. The van der Waals surface area contributed by atoms with Crippen molar-refractivity contribution in [1.82, 2.24) is 0 Å². The lowest BCUT2D eigenvalue weighted by Gasteiger charge is -1.91. The fraction of sp³-hybridized carbons (Fsp3) is 0. The molecule has 0 saturated heterocycles. The Bertz CT molecular complexity index is 658. The zero-order valence-electron chi connectivity index (χ0n) is 9.64. The first-order chi connectivity index (χ1) is 8.43. The molecule has 0 spiro atoms. The van der Waals surface area contributed by atoms with Crippen molar-refractivity contribution in [3.05, 3.63) is 65.3 Å². The van der Waals surface area contributed by atoms with Gasteiger partial charge in [0.15, 0.2) is 6.20 Å². The lowest BCUT2D eigenvalue weighted by atomic mass is 10.2. The van der Waals surface area contributed by atoms with Crippen LogP contribution in [-0.4, -0.2) is 0 Å². The zero-order chi connectivity index (χ0) is 11.5. The molecule has 1 N–H and O–H groups in total. The summed E-state index contributed by atoms with van der Waals surface area (Å²) < 4.78 is 1.31. The summed E-state index contributed by atoms with van der Waals surface area (Å²) >= 11 is 1.77. The number of halogens is 1. The summed E-state index contributed by atoms with van der Waals surface area (Å²) in [7, 11) is 0. The van der Waals surface area contributed by atoms with Crippen molar-refractivity contribution in [3.8, 4) is 0 Å². The van der Waals surface area contributed by atoms with Crippen LogP contribution in [0.3, 0.4) is 0 Å². The first kappa shape index (κ1) is 12.8. The lowest BCUT2D eigenvalue weighted by Crippen LogP contribution is -3.00. The third-order valence-electron chi connectivity index (χ3n) is 2.68. The van der Waals surface area contributed by atoms with Crippen LogP contribution < -0.4 is 17.4 Å². The molecule has 0 bridgehead atoms.